The fourth-order valence-corrected chi connectivity index (χ4v) is 2.80. The summed E-state index contributed by atoms with van der Waals surface area (Å²) in [6.45, 7) is 2.94. The third-order valence-electron chi connectivity index (χ3n) is 4.10. The van der Waals surface area contributed by atoms with E-state index in [4.69, 9.17) is 4.74 Å². The second-order valence-electron chi connectivity index (χ2n) is 5.47. The monoisotopic (exact) mass is 293 g/mol. The highest BCUT2D eigenvalue weighted by Crippen LogP contribution is 2.31. The van der Waals surface area contributed by atoms with Crippen LogP contribution in [0.5, 0.6) is 5.75 Å². The molecule has 1 fully saturated rings. The van der Waals surface area contributed by atoms with Crippen molar-refractivity contribution >= 4 is 11.4 Å². The summed E-state index contributed by atoms with van der Waals surface area (Å²) >= 11 is 0. The molecular formula is C15H23N3O3. The highest BCUT2D eigenvalue weighted by atomic mass is 16.6. The Hall–Kier alpha value is -1.82. The van der Waals surface area contributed by atoms with Crippen LogP contribution in [0.2, 0.25) is 0 Å². The first kappa shape index (κ1) is 15.6. The van der Waals surface area contributed by atoms with Gasteiger partial charge in [0.25, 0.3) is 5.69 Å². The topological polar surface area (TPSA) is 67.6 Å². The fraction of sp³-hybridized carbons (Fsp3) is 0.600. The predicted molar refractivity (Wildman–Crippen MR) is 83.1 cm³/mol. The number of hydrogen-bond donors (Lipinski definition) is 1. The first-order valence-corrected chi connectivity index (χ1v) is 7.37. The molecule has 0 aliphatic carbocycles. The molecule has 0 unspecified atom stereocenters. The molecule has 1 aromatic rings. The van der Waals surface area contributed by atoms with Gasteiger partial charge in [0.2, 0.25) is 0 Å². The van der Waals surface area contributed by atoms with E-state index >= 15 is 0 Å². The Morgan fingerprint density at radius 2 is 2.10 bits per heavy atom. The number of ether oxygens (including phenoxy) is 1. The van der Waals surface area contributed by atoms with Gasteiger partial charge in [-0.1, -0.05) is 0 Å². The number of piperidine rings is 1. The number of nitro benzene ring substituents is 1. The van der Waals surface area contributed by atoms with Crippen LogP contribution in [0.25, 0.3) is 0 Å². The molecular weight excluding hydrogens is 270 g/mol. The van der Waals surface area contributed by atoms with Gasteiger partial charge < -0.3 is 15.0 Å². The van der Waals surface area contributed by atoms with Gasteiger partial charge in [0, 0.05) is 30.9 Å². The average molecular weight is 293 g/mol. The van der Waals surface area contributed by atoms with Gasteiger partial charge in [0.1, 0.15) is 5.75 Å². The molecule has 1 saturated heterocycles. The van der Waals surface area contributed by atoms with Gasteiger partial charge in [-0.2, -0.15) is 0 Å². The van der Waals surface area contributed by atoms with E-state index in [-0.39, 0.29) is 10.6 Å². The van der Waals surface area contributed by atoms with Crippen molar-refractivity contribution < 1.29 is 9.66 Å². The van der Waals surface area contributed by atoms with Gasteiger partial charge in [0.05, 0.1) is 18.1 Å². The molecule has 0 atom stereocenters. The Bertz CT molecular complexity index is 485. The van der Waals surface area contributed by atoms with Crippen molar-refractivity contribution in [1.82, 2.24) is 5.32 Å². The Morgan fingerprint density at radius 1 is 1.38 bits per heavy atom. The summed E-state index contributed by atoms with van der Waals surface area (Å²) in [7, 11) is 3.51. The second kappa shape index (κ2) is 7.26. The number of hydrogen-bond acceptors (Lipinski definition) is 5. The summed E-state index contributed by atoms with van der Waals surface area (Å²) < 4.78 is 5.17. The number of non-ortho nitro benzene ring substituents is 1. The van der Waals surface area contributed by atoms with Crippen molar-refractivity contribution in [3.05, 3.63) is 28.3 Å². The lowest BCUT2D eigenvalue weighted by Gasteiger charge is -2.33. The van der Waals surface area contributed by atoms with Crippen molar-refractivity contribution in [1.29, 1.82) is 0 Å². The standard InChI is InChI=1S/C15H23N3O3/c1-16-6-3-12-4-7-17(8-5-12)13-9-14(18(19)20)11-15(10-13)21-2/h9-12,16H,3-8H2,1-2H3. The van der Waals surface area contributed by atoms with Crippen molar-refractivity contribution in [3.8, 4) is 5.75 Å². The third kappa shape index (κ3) is 4.07. The van der Waals surface area contributed by atoms with E-state index in [9.17, 15) is 10.1 Å². The van der Waals surface area contributed by atoms with Crippen LogP contribution in [-0.2, 0) is 0 Å². The van der Waals surface area contributed by atoms with Crippen molar-refractivity contribution in [2.45, 2.75) is 19.3 Å². The quantitative estimate of drug-likeness (QED) is 0.644. The van der Waals surface area contributed by atoms with E-state index in [0.29, 0.717) is 5.75 Å². The van der Waals surface area contributed by atoms with Gasteiger partial charge in [-0.3, -0.25) is 10.1 Å². The molecule has 1 heterocycles. The maximum atomic E-state index is 11.0. The van der Waals surface area contributed by atoms with Crippen molar-refractivity contribution in [2.75, 3.05) is 38.7 Å². The molecule has 0 spiro atoms. The van der Waals surface area contributed by atoms with Crippen LogP contribution in [0.1, 0.15) is 19.3 Å². The number of nitro groups is 1. The number of methoxy groups -OCH3 is 1. The van der Waals surface area contributed by atoms with E-state index in [1.165, 1.54) is 19.6 Å². The Morgan fingerprint density at radius 3 is 2.67 bits per heavy atom. The molecule has 0 saturated carbocycles. The number of nitrogens with zero attached hydrogens (tertiary/aromatic N) is 2. The highest BCUT2D eigenvalue weighted by Gasteiger charge is 2.21. The fourth-order valence-electron chi connectivity index (χ4n) is 2.80. The van der Waals surface area contributed by atoms with Crippen LogP contribution in [0, 0.1) is 16.0 Å². The normalized spacial score (nSPS) is 16.0. The van der Waals surface area contributed by atoms with Crippen molar-refractivity contribution in [2.24, 2.45) is 5.92 Å². The lowest BCUT2D eigenvalue weighted by Crippen LogP contribution is -2.34. The zero-order valence-electron chi connectivity index (χ0n) is 12.7. The zero-order valence-corrected chi connectivity index (χ0v) is 12.7. The van der Waals surface area contributed by atoms with Gasteiger partial charge in [-0.25, -0.2) is 0 Å². The van der Waals surface area contributed by atoms with Crippen molar-refractivity contribution in [3.63, 3.8) is 0 Å². The van der Waals surface area contributed by atoms with E-state index < -0.39 is 0 Å². The first-order chi connectivity index (χ1) is 10.1. The van der Waals surface area contributed by atoms with Crippen LogP contribution in [0.3, 0.4) is 0 Å². The maximum Gasteiger partial charge on any atom is 0.275 e. The molecule has 1 aromatic carbocycles. The van der Waals surface area contributed by atoms with E-state index in [1.807, 2.05) is 13.1 Å². The summed E-state index contributed by atoms with van der Waals surface area (Å²) in [5, 5.41) is 14.2. The molecule has 0 amide bonds. The minimum Gasteiger partial charge on any atom is -0.496 e. The lowest BCUT2D eigenvalue weighted by molar-refractivity contribution is -0.384. The summed E-state index contributed by atoms with van der Waals surface area (Å²) in [4.78, 5) is 12.8. The molecule has 21 heavy (non-hydrogen) atoms. The van der Waals surface area contributed by atoms with E-state index in [2.05, 4.69) is 10.2 Å². The Labute approximate surface area is 125 Å². The smallest absolute Gasteiger partial charge is 0.275 e. The molecule has 1 aliphatic rings. The first-order valence-electron chi connectivity index (χ1n) is 7.37. The molecule has 116 valence electrons. The molecule has 6 heteroatoms. The highest BCUT2D eigenvalue weighted by molar-refractivity contribution is 5.58. The minimum atomic E-state index is -0.369. The molecule has 0 radical (unpaired) electrons. The van der Waals surface area contributed by atoms with Crippen LogP contribution in [-0.4, -0.2) is 38.7 Å². The molecule has 1 aliphatic heterocycles. The maximum absolute atomic E-state index is 11.0. The minimum absolute atomic E-state index is 0.0849. The summed E-state index contributed by atoms with van der Waals surface area (Å²) in [5.41, 5.74) is 0.967. The molecule has 6 nitrogen and oxygen atoms in total. The second-order valence-corrected chi connectivity index (χ2v) is 5.47. The Balaban J connectivity index is 2.05. The summed E-state index contributed by atoms with van der Waals surface area (Å²) in [6, 6.07) is 4.97. The lowest BCUT2D eigenvalue weighted by atomic mass is 9.93. The average Bonchev–Trinajstić information content (AvgIpc) is 2.52. The molecule has 1 N–H and O–H groups in total. The third-order valence-corrected chi connectivity index (χ3v) is 4.10. The number of benzene rings is 1. The Kier molecular flexibility index (Phi) is 5.38. The van der Waals surface area contributed by atoms with Gasteiger partial charge in [-0.15, -0.1) is 0 Å². The largest absolute Gasteiger partial charge is 0.496 e. The SMILES string of the molecule is CNCCC1CCN(c2cc(OC)cc([N+](=O)[O-])c2)CC1. The van der Waals surface area contributed by atoms with Gasteiger partial charge in [-0.05, 0) is 38.8 Å². The van der Waals surface area contributed by atoms with E-state index in [1.54, 1.807) is 6.07 Å². The van der Waals surface area contributed by atoms with Crippen LogP contribution in [0.4, 0.5) is 11.4 Å². The van der Waals surface area contributed by atoms with Crippen LogP contribution in [0.15, 0.2) is 18.2 Å². The molecule has 0 bridgehead atoms. The summed E-state index contributed by atoms with van der Waals surface area (Å²) in [6.07, 6.45) is 3.46. The van der Waals surface area contributed by atoms with Gasteiger partial charge >= 0.3 is 0 Å². The van der Waals surface area contributed by atoms with Crippen LogP contribution < -0.4 is 15.0 Å². The predicted octanol–water partition coefficient (Wildman–Crippen LogP) is 2.43. The summed E-state index contributed by atoms with van der Waals surface area (Å²) in [5.74, 6) is 1.28. The number of rotatable bonds is 6. The van der Waals surface area contributed by atoms with Crippen LogP contribution >= 0.6 is 0 Å². The molecule has 2 rings (SSSR count). The zero-order chi connectivity index (χ0) is 15.2. The molecule has 0 aromatic heterocycles. The number of anilines is 1. The van der Waals surface area contributed by atoms with Gasteiger partial charge in [0.15, 0.2) is 0 Å². The van der Waals surface area contributed by atoms with E-state index in [0.717, 1.165) is 44.1 Å². The number of nitrogens with one attached hydrogen (secondary N) is 1.